The normalized spacial score (nSPS) is 15.6. The van der Waals surface area contributed by atoms with Gasteiger partial charge < -0.3 is 10.6 Å². The van der Waals surface area contributed by atoms with Gasteiger partial charge in [-0.3, -0.25) is 14.2 Å². The van der Waals surface area contributed by atoms with Crippen LogP contribution in [-0.4, -0.2) is 29.1 Å². The third-order valence-corrected chi connectivity index (χ3v) is 3.03. The number of hydrogen-bond donors (Lipinski definition) is 2. The molecule has 0 saturated carbocycles. The predicted octanol–water partition coefficient (Wildman–Crippen LogP) is -0.0916. The summed E-state index contributed by atoms with van der Waals surface area (Å²) in [5.74, 6) is 0.458. The van der Waals surface area contributed by atoms with Gasteiger partial charge in [-0.05, 0) is 19.8 Å². The number of carbonyl (C=O) groups is 1. The van der Waals surface area contributed by atoms with Crippen LogP contribution in [0.3, 0.4) is 0 Å². The van der Waals surface area contributed by atoms with Crippen LogP contribution in [0.5, 0.6) is 0 Å². The monoisotopic (exact) mass is 236 g/mol. The summed E-state index contributed by atoms with van der Waals surface area (Å²) < 4.78 is 1.38. The molecule has 1 aromatic rings. The van der Waals surface area contributed by atoms with E-state index < -0.39 is 6.04 Å². The number of amides is 1. The Labute approximate surface area is 99.1 Å². The molecule has 0 saturated heterocycles. The lowest BCUT2D eigenvalue weighted by atomic mass is 10.1. The first-order valence-electron chi connectivity index (χ1n) is 5.70. The molecule has 1 amide bonds. The van der Waals surface area contributed by atoms with E-state index >= 15 is 0 Å². The van der Waals surface area contributed by atoms with Gasteiger partial charge in [-0.2, -0.15) is 0 Å². The molecular weight excluding hydrogens is 220 g/mol. The summed E-state index contributed by atoms with van der Waals surface area (Å²) in [5.41, 5.74) is 0.549. The molecule has 0 unspecified atom stereocenters. The van der Waals surface area contributed by atoms with Crippen molar-refractivity contribution in [1.29, 1.82) is 0 Å². The van der Waals surface area contributed by atoms with Gasteiger partial charge in [0.1, 0.15) is 18.2 Å². The lowest BCUT2D eigenvalue weighted by molar-refractivity contribution is -0.123. The first-order chi connectivity index (χ1) is 8.15. The maximum atomic E-state index is 12.2. The highest BCUT2D eigenvalue weighted by atomic mass is 16.2. The molecule has 1 aliphatic heterocycles. The Morgan fingerprint density at radius 2 is 2.41 bits per heavy atom. The van der Waals surface area contributed by atoms with Crippen molar-refractivity contribution in [3.63, 3.8) is 0 Å². The molecule has 92 valence electrons. The SMILES string of the molecule is CNC(=O)[C@H](C)n1cnc2c(c1=O)CCCN2. The van der Waals surface area contributed by atoms with Gasteiger partial charge in [-0.1, -0.05) is 0 Å². The largest absolute Gasteiger partial charge is 0.370 e. The topological polar surface area (TPSA) is 76.0 Å². The third-order valence-electron chi connectivity index (χ3n) is 3.03. The molecule has 0 bridgehead atoms. The van der Waals surface area contributed by atoms with E-state index in [9.17, 15) is 9.59 Å². The Hall–Kier alpha value is -1.85. The fourth-order valence-corrected chi connectivity index (χ4v) is 1.97. The van der Waals surface area contributed by atoms with Crippen LogP contribution >= 0.6 is 0 Å². The van der Waals surface area contributed by atoms with Gasteiger partial charge >= 0.3 is 0 Å². The summed E-state index contributed by atoms with van der Waals surface area (Å²) in [5, 5.41) is 5.62. The number of carbonyl (C=O) groups excluding carboxylic acids is 1. The maximum Gasteiger partial charge on any atom is 0.259 e. The molecule has 17 heavy (non-hydrogen) atoms. The van der Waals surface area contributed by atoms with Crippen LogP contribution in [0.2, 0.25) is 0 Å². The lowest BCUT2D eigenvalue weighted by Gasteiger charge is -2.19. The molecule has 2 rings (SSSR count). The highest BCUT2D eigenvalue weighted by molar-refractivity contribution is 5.79. The molecule has 1 aromatic heterocycles. The van der Waals surface area contributed by atoms with Gasteiger partial charge in [0.15, 0.2) is 0 Å². The second-order valence-electron chi connectivity index (χ2n) is 4.10. The van der Waals surface area contributed by atoms with Gasteiger partial charge in [0.25, 0.3) is 5.56 Å². The van der Waals surface area contributed by atoms with Crippen LogP contribution in [0.4, 0.5) is 5.82 Å². The van der Waals surface area contributed by atoms with Crippen molar-refractivity contribution in [2.24, 2.45) is 0 Å². The van der Waals surface area contributed by atoms with Crippen molar-refractivity contribution in [3.8, 4) is 0 Å². The number of aromatic nitrogens is 2. The zero-order valence-electron chi connectivity index (χ0n) is 9.99. The number of nitrogens with zero attached hydrogens (tertiary/aromatic N) is 2. The first-order valence-corrected chi connectivity index (χ1v) is 5.70. The quantitative estimate of drug-likeness (QED) is 0.752. The summed E-state index contributed by atoms with van der Waals surface area (Å²) in [6.07, 6.45) is 3.07. The molecule has 1 aliphatic rings. The van der Waals surface area contributed by atoms with E-state index in [1.807, 2.05) is 0 Å². The molecule has 6 nitrogen and oxygen atoms in total. The molecule has 0 aliphatic carbocycles. The number of likely N-dealkylation sites (N-methyl/N-ethyl adjacent to an activating group) is 1. The maximum absolute atomic E-state index is 12.2. The summed E-state index contributed by atoms with van der Waals surface area (Å²) in [6.45, 7) is 2.53. The van der Waals surface area contributed by atoms with Crippen LogP contribution in [-0.2, 0) is 11.2 Å². The molecular formula is C11H16N4O2. The predicted molar refractivity (Wildman–Crippen MR) is 64.1 cm³/mol. The number of fused-ring (bicyclic) bond motifs is 1. The minimum Gasteiger partial charge on any atom is -0.370 e. The Morgan fingerprint density at radius 3 is 3.12 bits per heavy atom. The van der Waals surface area contributed by atoms with Crippen molar-refractivity contribution in [3.05, 3.63) is 22.2 Å². The number of rotatable bonds is 2. The van der Waals surface area contributed by atoms with Crippen molar-refractivity contribution < 1.29 is 4.79 Å². The third kappa shape index (κ3) is 2.02. The number of anilines is 1. The smallest absolute Gasteiger partial charge is 0.259 e. The minimum absolute atomic E-state index is 0.127. The second-order valence-corrected chi connectivity index (χ2v) is 4.10. The van der Waals surface area contributed by atoms with Crippen LogP contribution in [0.25, 0.3) is 0 Å². The van der Waals surface area contributed by atoms with Crippen molar-refractivity contribution in [2.75, 3.05) is 18.9 Å². The molecule has 0 spiro atoms. The highest BCUT2D eigenvalue weighted by Crippen LogP contribution is 2.15. The van der Waals surface area contributed by atoms with E-state index in [4.69, 9.17) is 0 Å². The first kappa shape index (κ1) is 11.6. The Bertz CT molecular complexity index is 495. The van der Waals surface area contributed by atoms with Gasteiger partial charge in [-0.25, -0.2) is 4.98 Å². The Balaban J connectivity index is 2.43. The van der Waals surface area contributed by atoms with Crippen LogP contribution in [0.15, 0.2) is 11.1 Å². The summed E-state index contributed by atoms with van der Waals surface area (Å²) in [6, 6.07) is -0.535. The van der Waals surface area contributed by atoms with Crippen LogP contribution in [0, 0.1) is 0 Å². The van der Waals surface area contributed by atoms with E-state index in [0.717, 1.165) is 19.4 Å². The average molecular weight is 236 g/mol. The molecule has 1 atom stereocenters. The van der Waals surface area contributed by atoms with Crippen molar-refractivity contribution in [1.82, 2.24) is 14.9 Å². The van der Waals surface area contributed by atoms with E-state index in [-0.39, 0.29) is 11.5 Å². The second kappa shape index (κ2) is 4.57. The number of hydrogen-bond acceptors (Lipinski definition) is 4. The highest BCUT2D eigenvalue weighted by Gasteiger charge is 2.20. The minimum atomic E-state index is -0.535. The van der Waals surface area contributed by atoms with E-state index in [0.29, 0.717) is 11.4 Å². The van der Waals surface area contributed by atoms with Gasteiger partial charge in [0.2, 0.25) is 5.91 Å². The average Bonchev–Trinajstić information content (AvgIpc) is 2.38. The van der Waals surface area contributed by atoms with Crippen molar-refractivity contribution in [2.45, 2.75) is 25.8 Å². The fraction of sp³-hybridized carbons (Fsp3) is 0.545. The molecule has 0 radical (unpaired) electrons. The van der Waals surface area contributed by atoms with E-state index in [1.165, 1.54) is 10.9 Å². The summed E-state index contributed by atoms with van der Waals surface area (Å²) in [7, 11) is 1.55. The van der Waals surface area contributed by atoms with E-state index in [2.05, 4.69) is 15.6 Å². The molecule has 2 N–H and O–H groups in total. The molecule has 6 heteroatoms. The van der Waals surface area contributed by atoms with Crippen LogP contribution in [0.1, 0.15) is 24.9 Å². The van der Waals surface area contributed by atoms with Gasteiger partial charge in [-0.15, -0.1) is 0 Å². The zero-order valence-corrected chi connectivity index (χ0v) is 9.99. The van der Waals surface area contributed by atoms with Gasteiger partial charge in [0.05, 0.1) is 5.56 Å². The summed E-state index contributed by atoms with van der Waals surface area (Å²) >= 11 is 0. The fourth-order valence-electron chi connectivity index (χ4n) is 1.97. The zero-order chi connectivity index (χ0) is 12.4. The Morgan fingerprint density at radius 1 is 1.65 bits per heavy atom. The standard InChI is InChI=1S/C11H16N4O2/c1-7(10(16)12-2)15-6-14-9-8(11(15)17)4-3-5-13-9/h6-7,13H,3-5H2,1-2H3,(H,12,16)/t7-/m0/s1. The molecule has 2 heterocycles. The van der Waals surface area contributed by atoms with E-state index in [1.54, 1.807) is 14.0 Å². The lowest BCUT2D eigenvalue weighted by Crippen LogP contribution is -2.36. The molecule has 0 fully saturated rings. The van der Waals surface area contributed by atoms with Gasteiger partial charge in [0, 0.05) is 13.6 Å². The molecule has 0 aromatic carbocycles. The number of nitrogens with one attached hydrogen (secondary N) is 2. The summed E-state index contributed by atoms with van der Waals surface area (Å²) in [4.78, 5) is 27.9. The van der Waals surface area contributed by atoms with Crippen LogP contribution < -0.4 is 16.2 Å². The Kier molecular flexibility index (Phi) is 3.12. The van der Waals surface area contributed by atoms with Crippen molar-refractivity contribution >= 4 is 11.7 Å².